The molecule has 0 saturated carbocycles. The van der Waals surface area contributed by atoms with Crippen LogP contribution in [0.25, 0.3) is 0 Å². The maximum Gasteiger partial charge on any atom is 0.326 e. The molecule has 0 spiro atoms. The van der Waals surface area contributed by atoms with E-state index in [1.165, 1.54) is 0 Å². The predicted molar refractivity (Wildman–Crippen MR) is 64.8 cm³/mol. The highest BCUT2D eigenvalue weighted by molar-refractivity contribution is 5.92. The third-order valence-electron chi connectivity index (χ3n) is 2.36. The van der Waals surface area contributed by atoms with Gasteiger partial charge in [-0.25, -0.2) is 18.4 Å². The van der Waals surface area contributed by atoms with Crippen molar-refractivity contribution in [2.24, 2.45) is 0 Å². The molecule has 1 aromatic rings. The van der Waals surface area contributed by atoms with Crippen molar-refractivity contribution in [1.82, 2.24) is 5.32 Å². The summed E-state index contributed by atoms with van der Waals surface area (Å²) in [6, 6.07) is 0.759. The summed E-state index contributed by atoms with van der Waals surface area (Å²) in [6.07, 6.45) is 0.830. The van der Waals surface area contributed by atoms with Gasteiger partial charge >= 0.3 is 12.0 Å². The van der Waals surface area contributed by atoms with Crippen molar-refractivity contribution in [2.45, 2.75) is 25.8 Å². The minimum Gasteiger partial charge on any atom is -0.480 e. The Hall–Kier alpha value is -2.18. The van der Waals surface area contributed by atoms with Gasteiger partial charge in [-0.1, -0.05) is 13.3 Å². The van der Waals surface area contributed by atoms with Gasteiger partial charge in [-0.15, -0.1) is 0 Å². The van der Waals surface area contributed by atoms with E-state index in [1.807, 2.05) is 0 Å². The second-order valence-corrected chi connectivity index (χ2v) is 3.90. The number of benzene rings is 1. The number of anilines is 1. The van der Waals surface area contributed by atoms with Crippen molar-refractivity contribution >= 4 is 17.7 Å². The average molecular weight is 272 g/mol. The first kappa shape index (κ1) is 14.9. The maximum atomic E-state index is 13.3. The lowest BCUT2D eigenvalue weighted by atomic mass is 10.2. The molecule has 1 rings (SSSR count). The number of carbonyl (C=O) groups is 2. The Bertz CT molecular complexity index is 480. The van der Waals surface area contributed by atoms with Crippen LogP contribution >= 0.6 is 0 Å². The Morgan fingerprint density at radius 1 is 1.37 bits per heavy atom. The summed E-state index contributed by atoms with van der Waals surface area (Å²) in [7, 11) is 0. The van der Waals surface area contributed by atoms with E-state index in [0.717, 1.165) is 12.1 Å². The molecule has 1 atom stereocenters. The normalized spacial score (nSPS) is 11.7. The van der Waals surface area contributed by atoms with Gasteiger partial charge < -0.3 is 15.7 Å². The molecular weight excluding hydrogens is 258 g/mol. The molecule has 0 aliphatic carbocycles. The van der Waals surface area contributed by atoms with E-state index in [1.54, 1.807) is 6.92 Å². The number of halogens is 2. The molecule has 0 aliphatic heterocycles. The highest BCUT2D eigenvalue weighted by Crippen LogP contribution is 2.14. The number of hydrogen-bond acceptors (Lipinski definition) is 2. The molecule has 1 unspecified atom stereocenters. The second-order valence-electron chi connectivity index (χ2n) is 3.90. The molecule has 0 heterocycles. The van der Waals surface area contributed by atoms with Gasteiger partial charge in [-0.05, 0) is 18.6 Å². The van der Waals surface area contributed by atoms with Crippen molar-refractivity contribution in [3.8, 4) is 0 Å². The largest absolute Gasteiger partial charge is 0.480 e. The number of hydrogen-bond donors (Lipinski definition) is 3. The van der Waals surface area contributed by atoms with E-state index in [2.05, 4.69) is 10.6 Å². The third kappa shape index (κ3) is 4.53. The van der Waals surface area contributed by atoms with Crippen LogP contribution in [0.15, 0.2) is 18.2 Å². The van der Waals surface area contributed by atoms with Crippen LogP contribution in [0.1, 0.15) is 19.8 Å². The van der Waals surface area contributed by atoms with Crippen LogP contribution in [0.2, 0.25) is 0 Å². The first-order valence-electron chi connectivity index (χ1n) is 5.69. The number of carboxylic acids is 1. The van der Waals surface area contributed by atoms with Crippen LogP contribution in [-0.4, -0.2) is 23.1 Å². The smallest absolute Gasteiger partial charge is 0.326 e. The Morgan fingerprint density at radius 3 is 2.58 bits per heavy atom. The quantitative estimate of drug-likeness (QED) is 0.769. The lowest BCUT2D eigenvalue weighted by molar-refractivity contribution is -0.139. The molecule has 2 amide bonds. The van der Waals surface area contributed by atoms with E-state index in [-0.39, 0.29) is 12.1 Å². The van der Waals surface area contributed by atoms with Crippen LogP contribution < -0.4 is 10.6 Å². The zero-order valence-electron chi connectivity index (χ0n) is 10.2. The van der Waals surface area contributed by atoms with E-state index < -0.39 is 29.7 Å². The molecule has 0 aliphatic rings. The summed E-state index contributed by atoms with van der Waals surface area (Å²) in [6.45, 7) is 1.77. The van der Waals surface area contributed by atoms with E-state index in [9.17, 15) is 18.4 Å². The fourth-order valence-corrected chi connectivity index (χ4v) is 1.45. The minimum atomic E-state index is -1.17. The molecule has 7 heteroatoms. The fraction of sp³-hybridized carbons (Fsp3) is 0.333. The Morgan fingerprint density at radius 2 is 2.05 bits per heavy atom. The van der Waals surface area contributed by atoms with Gasteiger partial charge in [-0.3, -0.25) is 0 Å². The Kier molecular flexibility index (Phi) is 5.23. The topological polar surface area (TPSA) is 78.4 Å². The zero-order chi connectivity index (χ0) is 14.4. The lowest BCUT2D eigenvalue weighted by Gasteiger charge is -2.14. The molecule has 19 heavy (non-hydrogen) atoms. The molecule has 0 fully saturated rings. The van der Waals surface area contributed by atoms with Gasteiger partial charge in [0.15, 0.2) is 0 Å². The first-order chi connectivity index (χ1) is 8.93. The van der Waals surface area contributed by atoms with Gasteiger partial charge in [0.25, 0.3) is 0 Å². The average Bonchev–Trinajstić information content (AvgIpc) is 2.32. The molecule has 1 aromatic carbocycles. The van der Waals surface area contributed by atoms with Crippen molar-refractivity contribution < 1.29 is 23.5 Å². The molecule has 0 bridgehead atoms. The SMILES string of the molecule is CCCC(NC(=O)Nc1ccc(F)cc1F)C(=O)O. The number of rotatable bonds is 5. The number of nitrogens with one attached hydrogen (secondary N) is 2. The molecule has 5 nitrogen and oxygen atoms in total. The summed E-state index contributed by atoms with van der Waals surface area (Å²) in [5, 5.41) is 13.2. The van der Waals surface area contributed by atoms with Crippen LogP contribution in [-0.2, 0) is 4.79 Å². The van der Waals surface area contributed by atoms with Gasteiger partial charge in [0.05, 0.1) is 5.69 Å². The number of amides is 2. The minimum absolute atomic E-state index is 0.223. The van der Waals surface area contributed by atoms with Crippen molar-refractivity contribution in [2.75, 3.05) is 5.32 Å². The lowest BCUT2D eigenvalue weighted by Crippen LogP contribution is -2.43. The van der Waals surface area contributed by atoms with Gasteiger partial charge in [-0.2, -0.15) is 0 Å². The second kappa shape index (κ2) is 6.67. The van der Waals surface area contributed by atoms with Crippen LogP contribution in [0.3, 0.4) is 0 Å². The van der Waals surface area contributed by atoms with E-state index >= 15 is 0 Å². The monoisotopic (exact) mass is 272 g/mol. The van der Waals surface area contributed by atoms with Crippen LogP contribution in [0.5, 0.6) is 0 Å². The Labute approximate surface area is 108 Å². The molecule has 0 radical (unpaired) electrons. The van der Waals surface area contributed by atoms with E-state index in [4.69, 9.17) is 5.11 Å². The van der Waals surface area contributed by atoms with Gasteiger partial charge in [0, 0.05) is 6.07 Å². The zero-order valence-corrected chi connectivity index (χ0v) is 10.2. The summed E-state index contributed by atoms with van der Waals surface area (Å²) < 4.78 is 25.9. The number of carboxylic acid groups (broad SMARTS) is 1. The van der Waals surface area contributed by atoms with E-state index in [0.29, 0.717) is 12.5 Å². The maximum absolute atomic E-state index is 13.3. The van der Waals surface area contributed by atoms with Crippen molar-refractivity contribution in [1.29, 1.82) is 0 Å². The Balaban J connectivity index is 2.66. The standard InChI is InChI=1S/C12H14F2N2O3/c1-2-3-10(11(17)18)16-12(19)15-9-5-4-7(13)6-8(9)14/h4-6,10H,2-3H2,1H3,(H,17,18)(H2,15,16,19). The number of urea groups is 1. The summed E-state index contributed by atoms with van der Waals surface area (Å²) in [5.41, 5.74) is -0.223. The highest BCUT2D eigenvalue weighted by atomic mass is 19.1. The van der Waals surface area contributed by atoms with Crippen molar-refractivity contribution in [3.63, 3.8) is 0 Å². The van der Waals surface area contributed by atoms with Crippen molar-refractivity contribution in [3.05, 3.63) is 29.8 Å². The summed E-state index contributed by atoms with van der Waals surface area (Å²) in [4.78, 5) is 22.3. The molecule has 0 aromatic heterocycles. The summed E-state index contributed by atoms with van der Waals surface area (Å²) in [5.74, 6) is -2.87. The molecule has 104 valence electrons. The fourth-order valence-electron chi connectivity index (χ4n) is 1.45. The van der Waals surface area contributed by atoms with Gasteiger partial charge in [0.2, 0.25) is 0 Å². The van der Waals surface area contributed by atoms with Gasteiger partial charge in [0.1, 0.15) is 17.7 Å². The molecule has 3 N–H and O–H groups in total. The summed E-state index contributed by atoms with van der Waals surface area (Å²) >= 11 is 0. The molecular formula is C12H14F2N2O3. The highest BCUT2D eigenvalue weighted by Gasteiger charge is 2.19. The third-order valence-corrected chi connectivity index (χ3v) is 2.36. The van der Waals surface area contributed by atoms with Crippen LogP contribution in [0, 0.1) is 11.6 Å². The number of carbonyl (C=O) groups excluding carboxylic acids is 1. The molecule has 0 saturated heterocycles. The van der Waals surface area contributed by atoms with Crippen LogP contribution in [0.4, 0.5) is 19.3 Å². The number of aliphatic carboxylic acids is 1. The predicted octanol–water partition coefficient (Wildman–Crippen LogP) is 2.34. The first-order valence-corrected chi connectivity index (χ1v) is 5.69.